The van der Waals surface area contributed by atoms with E-state index in [9.17, 15) is 24.0 Å². The molecule has 52 heavy (non-hydrogen) atoms. The number of benzene rings is 3. The molecule has 1 unspecified atom stereocenters. The number of carbonyl (C=O) groups excluding carboxylic acids is 5. The van der Waals surface area contributed by atoms with E-state index < -0.39 is 35.7 Å². The maximum atomic E-state index is 14.0. The first-order chi connectivity index (χ1) is 24.9. The minimum absolute atomic E-state index is 0.00000255. The van der Waals surface area contributed by atoms with Crippen LogP contribution in [-0.2, 0) is 38.4 Å². The Morgan fingerprint density at radius 1 is 0.923 bits per heavy atom. The van der Waals surface area contributed by atoms with Gasteiger partial charge in [0, 0.05) is 17.5 Å². The summed E-state index contributed by atoms with van der Waals surface area (Å²) >= 11 is 0. The quantitative estimate of drug-likeness (QED) is 0.152. The van der Waals surface area contributed by atoms with Crippen LogP contribution < -0.4 is 32.7 Å². The molecule has 0 spiro atoms. The lowest BCUT2D eigenvalue weighted by Crippen LogP contribution is -2.49. The van der Waals surface area contributed by atoms with E-state index in [0.717, 1.165) is 12.0 Å². The molecule has 270 valence electrons. The van der Waals surface area contributed by atoms with Gasteiger partial charge in [0.2, 0.25) is 23.6 Å². The van der Waals surface area contributed by atoms with E-state index >= 15 is 0 Å². The fourth-order valence-electron chi connectivity index (χ4n) is 6.29. The summed E-state index contributed by atoms with van der Waals surface area (Å²) in [5.41, 5.74) is 18.6. The summed E-state index contributed by atoms with van der Waals surface area (Å²) in [6.07, 6.45) is 1.13. The highest BCUT2D eigenvalue weighted by atomic mass is 16.2. The maximum Gasteiger partial charge on any atom is 0.255 e. The number of nitrogens with zero attached hydrogens (tertiary/aromatic N) is 2. The molecule has 13 heteroatoms. The Labute approximate surface area is 302 Å². The minimum atomic E-state index is -1.04. The van der Waals surface area contributed by atoms with Gasteiger partial charge in [-0.2, -0.15) is 0 Å². The van der Waals surface area contributed by atoms with Crippen molar-refractivity contribution in [2.45, 2.75) is 65.5 Å². The highest BCUT2D eigenvalue weighted by molar-refractivity contribution is 6.04. The predicted octanol–water partition coefficient (Wildman–Crippen LogP) is 2.57. The van der Waals surface area contributed by atoms with Crippen LogP contribution in [0.3, 0.4) is 0 Å². The Kier molecular flexibility index (Phi) is 11.8. The lowest BCUT2D eigenvalue weighted by molar-refractivity contribution is -0.128. The molecule has 0 saturated heterocycles. The van der Waals surface area contributed by atoms with Crippen molar-refractivity contribution in [2.75, 3.05) is 18.4 Å². The topological polar surface area (TPSA) is 211 Å². The summed E-state index contributed by atoms with van der Waals surface area (Å²) in [5.74, 6) is -2.16. The zero-order valence-electron chi connectivity index (χ0n) is 29.8. The van der Waals surface area contributed by atoms with Crippen molar-refractivity contribution in [2.24, 2.45) is 11.5 Å². The van der Waals surface area contributed by atoms with Gasteiger partial charge in [-0.05, 0) is 74.0 Å². The van der Waals surface area contributed by atoms with Crippen molar-refractivity contribution >= 4 is 35.2 Å². The monoisotopic (exact) mass is 704 g/mol. The predicted molar refractivity (Wildman–Crippen MR) is 198 cm³/mol. The van der Waals surface area contributed by atoms with Gasteiger partial charge in [-0.25, -0.2) is 9.97 Å². The fourth-order valence-corrected chi connectivity index (χ4v) is 6.29. The van der Waals surface area contributed by atoms with Crippen molar-refractivity contribution in [1.29, 1.82) is 0 Å². The fraction of sp³-hybridized carbons (Fsp3) is 0.308. The average molecular weight is 705 g/mol. The third-order valence-corrected chi connectivity index (χ3v) is 9.01. The highest BCUT2D eigenvalue weighted by Crippen LogP contribution is 2.34. The van der Waals surface area contributed by atoms with Gasteiger partial charge in [0.15, 0.2) is 5.82 Å². The SMILES string of the molecule is CCc1ccc(-c2nc(C)c(C(=O)N[C@@H](CCN)C(=O)Nc3c(C)cc4cc3-c3cccc(c3)CC(=O)NCC(=O)NC(C(N)=O)C4)c(C)n2)cc1. The lowest BCUT2D eigenvalue weighted by atomic mass is 9.93. The Bertz CT molecular complexity index is 2000. The van der Waals surface area contributed by atoms with Crippen molar-refractivity contribution in [3.63, 3.8) is 0 Å². The van der Waals surface area contributed by atoms with E-state index in [2.05, 4.69) is 38.2 Å². The van der Waals surface area contributed by atoms with Crippen LogP contribution in [0.25, 0.3) is 22.5 Å². The number of primary amides is 1. The summed E-state index contributed by atoms with van der Waals surface area (Å²) in [7, 11) is 0. The number of aromatic nitrogens is 2. The first-order valence-corrected chi connectivity index (χ1v) is 17.2. The van der Waals surface area contributed by atoms with Gasteiger partial charge in [0.25, 0.3) is 5.91 Å². The summed E-state index contributed by atoms with van der Waals surface area (Å²) in [4.78, 5) is 74.4. The molecule has 0 fully saturated rings. The van der Waals surface area contributed by atoms with Crippen molar-refractivity contribution in [3.8, 4) is 22.5 Å². The molecule has 1 aromatic heterocycles. The van der Waals surface area contributed by atoms with Crippen LogP contribution >= 0.6 is 0 Å². The molecule has 3 aromatic carbocycles. The van der Waals surface area contributed by atoms with E-state index in [-0.39, 0.29) is 43.8 Å². The number of nitrogens with one attached hydrogen (secondary N) is 4. The number of fused-ring (bicyclic) bond motifs is 5. The molecule has 4 aromatic rings. The smallest absolute Gasteiger partial charge is 0.255 e. The number of anilines is 1. The Morgan fingerprint density at radius 2 is 1.63 bits per heavy atom. The van der Waals surface area contributed by atoms with Crippen molar-refractivity contribution < 1.29 is 24.0 Å². The second-order valence-electron chi connectivity index (χ2n) is 13.0. The zero-order chi connectivity index (χ0) is 37.5. The standard InChI is InChI=1S/C39H44N8O5/c1-5-24-9-11-27(12-10-24)37-43-22(3)34(23(4)44-37)39(52)46-30(13-14-40)38(51)47-35-21(2)15-26-17-29(35)28-8-6-7-25(16-28)19-32(48)42-20-33(49)45-31(18-26)36(41)50/h6-12,15-17,30-31H,5,13-14,18-20,40H2,1-4H3,(H2,41,50)(H,42,48)(H,45,49)(H,46,52)(H,47,51)/t30-,31?/m0/s1. The number of hydrogen-bond donors (Lipinski definition) is 6. The van der Waals surface area contributed by atoms with Crippen LogP contribution in [0.2, 0.25) is 0 Å². The molecule has 5 amide bonds. The molecule has 1 aliphatic heterocycles. The van der Waals surface area contributed by atoms with Gasteiger partial charge in [0.1, 0.15) is 12.1 Å². The molecular weight excluding hydrogens is 660 g/mol. The number of carbonyl (C=O) groups is 5. The van der Waals surface area contributed by atoms with E-state index in [4.69, 9.17) is 11.5 Å². The number of aryl methyl sites for hydroxylation is 4. The lowest BCUT2D eigenvalue weighted by Gasteiger charge is -2.23. The number of amides is 5. The molecule has 5 rings (SSSR count). The van der Waals surface area contributed by atoms with Crippen LogP contribution in [0.4, 0.5) is 5.69 Å². The Morgan fingerprint density at radius 3 is 2.29 bits per heavy atom. The first kappa shape index (κ1) is 37.3. The summed E-state index contributed by atoms with van der Waals surface area (Å²) in [6.45, 7) is 7.17. The van der Waals surface area contributed by atoms with E-state index in [1.807, 2.05) is 42.5 Å². The average Bonchev–Trinajstić information content (AvgIpc) is 3.10. The largest absolute Gasteiger partial charge is 0.368 e. The second-order valence-corrected chi connectivity index (χ2v) is 13.0. The molecule has 4 bridgehead atoms. The number of rotatable bonds is 9. The molecule has 0 radical (unpaired) electrons. The number of hydrogen-bond acceptors (Lipinski definition) is 8. The molecule has 0 saturated carbocycles. The third kappa shape index (κ3) is 8.85. The number of nitrogens with two attached hydrogens (primary N) is 2. The maximum absolute atomic E-state index is 14.0. The normalized spacial score (nSPS) is 15.1. The molecule has 8 N–H and O–H groups in total. The van der Waals surface area contributed by atoms with Crippen LogP contribution in [0.5, 0.6) is 0 Å². The molecule has 0 aliphatic carbocycles. The van der Waals surface area contributed by atoms with E-state index in [1.165, 1.54) is 5.56 Å². The summed E-state index contributed by atoms with van der Waals surface area (Å²) < 4.78 is 0. The zero-order valence-corrected chi connectivity index (χ0v) is 29.8. The van der Waals surface area contributed by atoms with Crippen LogP contribution in [0.1, 0.15) is 57.3 Å². The van der Waals surface area contributed by atoms with Gasteiger partial charge in [-0.3, -0.25) is 24.0 Å². The molecule has 1 aliphatic rings. The molecule has 2 heterocycles. The molecular formula is C39H44N8O5. The second kappa shape index (κ2) is 16.4. The highest BCUT2D eigenvalue weighted by Gasteiger charge is 2.27. The van der Waals surface area contributed by atoms with Crippen LogP contribution in [0.15, 0.2) is 60.7 Å². The first-order valence-electron chi connectivity index (χ1n) is 17.2. The summed E-state index contributed by atoms with van der Waals surface area (Å²) in [5, 5.41) is 11.0. The van der Waals surface area contributed by atoms with E-state index in [0.29, 0.717) is 50.7 Å². The van der Waals surface area contributed by atoms with E-state index in [1.54, 1.807) is 39.0 Å². The van der Waals surface area contributed by atoms with Crippen molar-refractivity contribution in [3.05, 3.63) is 99.9 Å². The Hall–Kier alpha value is -5.95. The van der Waals surface area contributed by atoms with Crippen molar-refractivity contribution in [1.82, 2.24) is 25.9 Å². The van der Waals surface area contributed by atoms with Gasteiger partial charge in [-0.1, -0.05) is 61.5 Å². The van der Waals surface area contributed by atoms with Gasteiger partial charge in [0.05, 0.1) is 35.6 Å². The van der Waals surface area contributed by atoms with Gasteiger partial charge < -0.3 is 32.7 Å². The van der Waals surface area contributed by atoms with Gasteiger partial charge >= 0.3 is 0 Å². The third-order valence-electron chi connectivity index (χ3n) is 9.01. The van der Waals surface area contributed by atoms with Crippen LogP contribution in [-0.4, -0.2) is 64.7 Å². The summed E-state index contributed by atoms with van der Waals surface area (Å²) in [6, 6.07) is 16.8. The molecule has 2 atom stereocenters. The minimum Gasteiger partial charge on any atom is -0.368 e. The Balaban J connectivity index is 1.46. The van der Waals surface area contributed by atoms with Crippen LogP contribution in [0, 0.1) is 20.8 Å². The molecule has 13 nitrogen and oxygen atoms in total. The van der Waals surface area contributed by atoms with Gasteiger partial charge in [-0.15, -0.1) is 0 Å².